The third-order valence-corrected chi connectivity index (χ3v) is 15.8. The van der Waals surface area contributed by atoms with E-state index in [9.17, 15) is 45.6 Å². The highest BCUT2D eigenvalue weighted by atomic mass is 16.7. The first-order valence-corrected chi connectivity index (χ1v) is 32.2. The van der Waals surface area contributed by atoms with Gasteiger partial charge in [0.25, 0.3) is 0 Å². The number of aliphatic hydroxyl groups excluding tert-OH is 8. The number of allylic oxidation sites excluding steroid dienone is 5. The molecule has 2 saturated heterocycles. The Labute approximate surface area is 474 Å². The summed E-state index contributed by atoms with van der Waals surface area (Å²) < 4.78 is 22.7. The lowest BCUT2D eigenvalue weighted by atomic mass is 9.97. The topological polar surface area (TPSA) is 228 Å². The predicted molar refractivity (Wildman–Crippen MR) is 314 cm³/mol. The van der Waals surface area contributed by atoms with E-state index in [1.54, 1.807) is 6.08 Å². The number of nitrogens with one attached hydrogen (secondary N) is 1. The Morgan fingerprint density at radius 1 is 0.449 bits per heavy atom. The van der Waals surface area contributed by atoms with Crippen LogP contribution < -0.4 is 5.32 Å². The summed E-state index contributed by atoms with van der Waals surface area (Å²) in [5, 5.41) is 87.0. The first-order chi connectivity index (χ1) is 38.1. The fourth-order valence-corrected chi connectivity index (χ4v) is 10.6. The van der Waals surface area contributed by atoms with Gasteiger partial charge in [-0.05, 0) is 44.9 Å². The van der Waals surface area contributed by atoms with Gasteiger partial charge in [-0.25, -0.2) is 0 Å². The van der Waals surface area contributed by atoms with Gasteiger partial charge in [0.2, 0.25) is 5.91 Å². The summed E-state index contributed by atoms with van der Waals surface area (Å²) in [5.41, 5.74) is 0. The van der Waals surface area contributed by atoms with Gasteiger partial charge < -0.3 is 65.1 Å². The largest absolute Gasteiger partial charge is 0.394 e. The van der Waals surface area contributed by atoms with Crippen LogP contribution in [0.2, 0.25) is 0 Å². The minimum atomic E-state index is -1.79. The molecule has 0 bridgehead atoms. The molecule has 2 fully saturated rings. The molecule has 14 nitrogen and oxygen atoms in total. The van der Waals surface area contributed by atoms with Gasteiger partial charge in [-0.15, -0.1) is 0 Å². The number of ether oxygens (including phenoxy) is 4. The lowest BCUT2D eigenvalue weighted by Gasteiger charge is -2.46. The van der Waals surface area contributed by atoms with Crippen molar-refractivity contribution in [2.45, 2.75) is 344 Å². The van der Waals surface area contributed by atoms with E-state index >= 15 is 0 Å². The smallest absolute Gasteiger partial charge is 0.220 e. The zero-order chi connectivity index (χ0) is 56.7. The van der Waals surface area contributed by atoms with E-state index in [0.717, 1.165) is 44.9 Å². The summed E-state index contributed by atoms with van der Waals surface area (Å²) in [7, 11) is 0. The van der Waals surface area contributed by atoms with E-state index in [4.69, 9.17) is 18.9 Å². The Morgan fingerprint density at radius 3 is 1.26 bits per heavy atom. The molecule has 0 aromatic heterocycles. The molecule has 12 atom stereocenters. The van der Waals surface area contributed by atoms with Crippen LogP contribution in [0.3, 0.4) is 0 Å². The van der Waals surface area contributed by atoms with Crippen molar-refractivity contribution in [3.8, 4) is 0 Å². The standard InChI is InChI=1S/C64H119NO13/c1-3-5-7-9-11-13-15-17-18-19-20-21-22-23-24-25-26-27-28-29-30-31-32-33-34-36-38-40-42-44-46-48-56(69)65-52(53(68)47-45-43-41-39-37-35-16-14-12-10-8-6-4-2)51-75-63-61(74)59(72)62(55(50-67)77-63)78-64-60(73)58(71)57(70)54(49-66)76-64/h12,14,37,39,45,47,52-55,57-64,66-68,70-74H,3-11,13,15-36,38,40-44,46,48-51H2,1-2H3,(H,65,69)/b14-12+,39-37+,47-45+. The molecule has 0 spiro atoms. The minimum Gasteiger partial charge on any atom is -0.394 e. The number of carbonyl (C=O) groups is 1. The van der Waals surface area contributed by atoms with E-state index in [2.05, 4.69) is 43.5 Å². The molecular weight excluding hydrogens is 991 g/mol. The van der Waals surface area contributed by atoms with Crippen molar-refractivity contribution < 1.29 is 64.6 Å². The van der Waals surface area contributed by atoms with E-state index in [1.165, 1.54) is 193 Å². The van der Waals surface area contributed by atoms with E-state index < -0.39 is 86.8 Å². The number of amides is 1. The molecule has 78 heavy (non-hydrogen) atoms. The molecule has 14 heteroatoms. The van der Waals surface area contributed by atoms with Gasteiger partial charge >= 0.3 is 0 Å². The Bertz CT molecular complexity index is 1450. The summed E-state index contributed by atoms with van der Waals surface area (Å²) in [6, 6.07) is -0.935. The molecule has 0 saturated carbocycles. The van der Waals surface area contributed by atoms with Gasteiger partial charge in [-0.3, -0.25) is 4.79 Å². The van der Waals surface area contributed by atoms with Gasteiger partial charge in [-0.1, -0.05) is 256 Å². The van der Waals surface area contributed by atoms with Gasteiger partial charge in [-0.2, -0.15) is 0 Å². The molecule has 0 radical (unpaired) electrons. The second-order valence-corrected chi connectivity index (χ2v) is 22.9. The van der Waals surface area contributed by atoms with E-state index in [-0.39, 0.29) is 18.9 Å². The van der Waals surface area contributed by atoms with Crippen molar-refractivity contribution in [3.63, 3.8) is 0 Å². The number of carbonyl (C=O) groups excluding carboxylic acids is 1. The maximum Gasteiger partial charge on any atom is 0.220 e. The number of hydrogen-bond acceptors (Lipinski definition) is 13. The number of hydrogen-bond donors (Lipinski definition) is 9. The summed E-state index contributed by atoms with van der Waals surface area (Å²) >= 11 is 0. The summed E-state index contributed by atoms with van der Waals surface area (Å²) in [6.07, 6.45) is 45.1. The highest BCUT2D eigenvalue weighted by molar-refractivity contribution is 5.76. The maximum atomic E-state index is 13.3. The monoisotopic (exact) mass is 1110 g/mol. The maximum absolute atomic E-state index is 13.3. The summed E-state index contributed by atoms with van der Waals surface area (Å²) in [4.78, 5) is 13.3. The molecule has 458 valence electrons. The van der Waals surface area contributed by atoms with Crippen LogP contribution >= 0.6 is 0 Å². The van der Waals surface area contributed by atoms with Crippen LogP contribution in [0.25, 0.3) is 0 Å². The van der Waals surface area contributed by atoms with Crippen molar-refractivity contribution in [1.82, 2.24) is 5.32 Å². The molecular formula is C64H119NO13. The summed E-state index contributed by atoms with van der Waals surface area (Å²) in [6.45, 7) is 2.76. The van der Waals surface area contributed by atoms with E-state index in [1.807, 2.05) is 6.08 Å². The number of rotatable bonds is 52. The zero-order valence-corrected chi connectivity index (χ0v) is 49.4. The Hall–Kier alpha value is -1.79. The molecule has 0 aromatic carbocycles. The molecule has 1 amide bonds. The van der Waals surface area contributed by atoms with Gasteiger partial charge in [0.15, 0.2) is 12.6 Å². The van der Waals surface area contributed by atoms with Crippen molar-refractivity contribution in [2.24, 2.45) is 0 Å². The van der Waals surface area contributed by atoms with Gasteiger partial charge in [0.1, 0.15) is 48.8 Å². The molecule has 0 aliphatic carbocycles. The lowest BCUT2D eigenvalue weighted by molar-refractivity contribution is -0.359. The molecule has 12 unspecified atom stereocenters. The third-order valence-electron chi connectivity index (χ3n) is 15.8. The van der Waals surface area contributed by atoms with Crippen molar-refractivity contribution >= 4 is 5.91 Å². The van der Waals surface area contributed by atoms with Crippen LogP contribution in [0.5, 0.6) is 0 Å². The fourth-order valence-electron chi connectivity index (χ4n) is 10.6. The second kappa shape index (κ2) is 49.8. The quantitative estimate of drug-likeness (QED) is 0.0204. The van der Waals surface area contributed by atoms with Gasteiger partial charge in [0.05, 0.1) is 32.0 Å². The molecule has 2 aliphatic rings. The van der Waals surface area contributed by atoms with Crippen LogP contribution in [0, 0.1) is 0 Å². The van der Waals surface area contributed by atoms with Crippen LogP contribution in [-0.2, 0) is 23.7 Å². The minimum absolute atomic E-state index is 0.250. The molecule has 9 N–H and O–H groups in total. The van der Waals surface area contributed by atoms with Crippen LogP contribution in [0.4, 0.5) is 0 Å². The average Bonchev–Trinajstić information content (AvgIpc) is 3.46. The molecule has 2 rings (SSSR count). The highest BCUT2D eigenvalue weighted by Gasteiger charge is 2.51. The average molecular weight is 1110 g/mol. The van der Waals surface area contributed by atoms with Crippen LogP contribution in [-0.4, -0.2) is 140 Å². The summed E-state index contributed by atoms with van der Waals surface area (Å²) in [5.74, 6) is -0.250. The lowest BCUT2D eigenvalue weighted by Crippen LogP contribution is -2.65. The Balaban J connectivity index is 1.64. The molecule has 2 aliphatic heterocycles. The second-order valence-electron chi connectivity index (χ2n) is 22.9. The van der Waals surface area contributed by atoms with Crippen LogP contribution in [0.1, 0.15) is 271 Å². The number of unbranched alkanes of at least 4 members (excludes halogenated alkanes) is 35. The van der Waals surface area contributed by atoms with Crippen LogP contribution in [0.15, 0.2) is 36.5 Å². The first kappa shape index (κ1) is 72.3. The zero-order valence-electron chi connectivity index (χ0n) is 49.4. The first-order valence-electron chi connectivity index (χ1n) is 32.2. The van der Waals surface area contributed by atoms with Crippen molar-refractivity contribution in [1.29, 1.82) is 0 Å². The molecule has 0 aromatic rings. The number of aliphatic hydroxyl groups is 8. The third kappa shape index (κ3) is 34.6. The highest BCUT2D eigenvalue weighted by Crippen LogP contribution is 2.30. The van der Waals surface area contributed by atoms with E-state index in [0.29, 0.717) is 12.8 Å². The van der Waals surface area contributed by atoms with Gasteiger partial charge in [0, 0.05) is 6.42 Å². The molecule has 2 heterocycles. The Kier molecular flexibility index (Phi) is 46.2. The SMILES string of the molecule is CCCCC/C=C/CC/C=C/CC/C=C/C(O)C(COC1OC(CO)C(OC2OC(CO)C(O)C(O)C2O)C(O)C1O)NC(=O)CCCCCCCCCCCCCCCCCCCCCCCCCCCCCCCCC. The Morgan fingerprint density at radius 2 is 0.821 bits per heavy atom. The predicted octanol–water partition coefficient (Wildman–Crippen LogP) is 11.8. The van der Waals surface area contributed by atoms with Crippen molar-refractivity contribution in [2.75, 3.05) is 19.8 Å². The normalized spacial score (nSPS) is 24.7. The van der Waals surface area contributed by atoms with Crippen molar-refractivity contribution in [3.05, 3.63) is 36.5 Å². The fraction of sp³-hybridized carbons (Fsp3) is 0.891.